The molecule has 0 aliphatic rings. The third-order valence-corrected chi connectivity index (χ3v) is 5.68. The van der Waals surface area contributed by atoms with E-state index in [0.717, 1.165) is 0 Å². The number of hydrogen-bond acceptors (Lipinski definition) is 5. The lowest BCUT2D eigenvalue weighted by Gasteiger charge is -2.12. The van der Waals surface area contributed by atoms with E-state index in [9.17, 15) is 23.1 Å². The molecule has 0 aromatic heterocycles. The number of hydrogen-bond donors (Lipinski definition) is 3. The van der Waals surface area contributed by atoms with E-state index in [-0.39, 0.29) is 21.9 Å². The fourth-order valence-corrected chi connectivity index (χ4v) is 3.62. The van der Waals surface area contributed by atoms with E-state index in [1.165, 1.54) is 54.6 Å². The molecule has 0 saturated heterocycles. The Morgan fingerprint density at radius 1 is 0.871 bits per heavy atom. The number of halogens is 1. The number of aromatic hydroxyl groups is 1. The van der Waals surface area contributed by atoms with Gasteiger partial charge >= 0.3 is 0 Å². The average Bonchev–Trinajstić information content (AvgIpc) is 2.75. The second-order valence-electron chi connectivity index (χ2n) is 6.36. The predicted molar refractivity (Wildman–Crippen MR) is 117 cm³/mol. The van der Waals surface area contributed by atoms with Crippen LogP contribution in [0.5, 0.6) is 5.75 Å². The van der Waals surface area contributed by atoms with Crippen molar-refractivity contribution in [3.8, 4) is 5.75 Å². The number of amides is 2. The van der Waals surface area contributed by atoms with Gasteiger partial charge in [0.25, 0.3) is 21.8 Å². The third kappa shape index (κ3) is 5.94. The van der Waals surface area contributed by atoms with Gasteiger partial charge in [-0.05, 0) is 60.2 Å². The molecule has 3 N–H and O–H groups in total. The third-order valence-electron chi connectivity index (χ3n) is 4.08. The minimum atomic E-state index is -4.21. The van der Waals surface area contributed by atoms with Crippen molar-refractivity contribution >= 4 is 39.5 Å². The van der Waals surface area contributed by atoms with Gasteiger partial charge in [-0.25, -0.2) is 13.1 Å². The zero-order valence-corrected chi connectivity index (χ0v) is 17.5. The number of nitrogens with one attached hydrogen (secondary N) is 2. The van der Waals surface area contributed by atoms with Gasteiger partial charge in [0, 0.05) is 10.6 Å². The summed E-state index contributed by atoms with van der Waals surface area (Å²) in [5.74, 6) is -1.61. The summed E-state index contributed by atoms with van der Waals surface area (Å²) in [6.45, 7) is 0. The molecule has 7 nitrogen and oxygen atoms in total. The first-order valence-corrected chi connectivity index (χ1v) is 10.8. The summed E-state index contributed by atoms with van der Waals surface area (Å²) in [7, 11) is -4.21. The highest BCUT2D eigenvalue weighted by atomic mass is 35.5. The minimum Gasteiger partial charge on any atom is -0.508 e. The van der Waals surface area contributed by atoms with Gasteiger partial charge in [0.15, 0.2) is 0 Å². The van der Waals surface area contributed by atoms with Crippen molar-refractivity contribution < 1.29 is 23.1 Å². The van der Waals surface area contributed by atoms with Crippen molar-refractivity contribution in [2.24, 2.45) is 0 Å². The van der Waals surface area contributed by atoms with Crippen LogP contribution in [0.3, 0.4) is 0 Å². The number of rotatable bonds is 6. The summed E-state index contributed by atoms with van der Waals surface area (Å²) in [5, 5.41) is 12.2. The van der Waals surface area contributed by atoms with Crippen LogP contribution < -0.4 is 10.0 Å². The van der Waals surface area contributed by atoms with Crippen LogP contribution in [0.15, 0.2) is 89.5 Å². The molecule has 0 atom stereocenters. The second kappa shape index (κ2) is 9.46. The molecule has 0 heterocycles. The van der Waals surface area contributed by atoms with Crippen LogP contribution in [0, 0.1) is 0 Å². The molecule has 0 spiro atoms. The lowest BCUT2D eigenvalue weighted by atomic mass is 10.1. The van der Waals surface area contributed by atoms with Crippen LogP contribution in [0.1, 0.15) is 15.9 Å². The SMILES string of the molecule is O=C(NS(=O)(=O)c1ccc(Cl)cc1)/C(=C/c1ccc(O)cc1)NC(=O)c1ccccc1. The maximum Gasteiger partial charge on any atom is 0.281 e. The molecule has 31 heavy (non-hydrogen) atoms. The molecule has 9 heteroatoms. The maximum atomic E-state index is 12.8. The van der Waals surface area contributed by atoms with Crippen LogP contribution in [-0.2, 0) is 14.8 Å². The molecule has 0 aliphatic heterocycles. The number of carbonyl (C=O) groups is 2. The smallest absolute Gasteiger partial charge is 0.281 e. The van der Waals surface area contributed by atoms with Crippen LogP contribution in [-0.4, -0.2) is 25.3 Å². The van der Waals surface area contributed by atoms with Crippen LogP contribution >= 0.6 is 11.6 Å². The first kappa shape index (κ1) is 22.1. The standard InChI is InChI=1S/C22H17ClN2O5S/c23-17-8-12-19(13-9-17)31(29,30)25-22(28)20(14-15-6-10-18(26)11-7-15)24-21(27)16-4-2-1-3-5-16/h1-14,26H,(H,24,27)(H,25,28)/b20-14-. The van der Waals surface area contributed by atoms with E-state index < -0.39 is 21.8 Å². The van der Waals surface area contributed by atoms with Gasteiger partial charge in [-0.3, -0.25) is 9.59 Å². The minimum absolute atomic E-state index is 0.0155. The Bertz CT molecular complexity index is 1220. The summed E-state index contributed by atoms with van der Waals surface area (Å²) in [4.78, 5) is 25.2. The monoisotopic (exact) mass is 456 g/mol. The molecule has 0 bridgehead atoms. The number of phenols is 1. The van der Waals surface area contributed by atoms with Gasteiger partial charge in [0.2, 0.25) is 0 Å². The number of carbonyl (C=O) groups excluding carboxylic acids is 2. The molecule has 2 amide bonds. The highest BCUT2D eigenvalue weighted by Crippen LogP contribution is 2.16. The Hall–Kier alpha value is -3.62. The molecule has 0 aliphatic carbocycles. The van der Waals surface area contributed by atoms with Crippen molar-refractivity contribution in [1.82, 2.24) is 10.0 Å². The summed E-state index contributed by atoms with van der Waals surface area (Å²) >= 11 is 5.78. The molecular formula is C22H17ClN2O5S. The first-order chi connectivity index (χ1) is 14.7. The highest BCUT2D eigenvalue weighted by molar-refractivity contribution is 7.90. The van der Waals surface area contributed by atoms with Gasteiger partial charge in [0.05, 0.1) is 4.90 Å². The fourth-order valence-electron chi connectivity index (χ4n) is 2.53. The Morgan fingerprint density at radius 3 is 2.10 bits per heavy atom. The normalized spacial score (nSPS) is 11.6. The lowest BCUT2D eigenvalue weighted by molar-refractivity contribution is -0.116. The molecule has 3 aromatic carbocycles. The van der Waals surface area contributed by atoms with Gasteiger partial charge in [-0.1, -0.05) is 41.9 Å². The Balaban J connectivity index is 1.91. The van der Waals surface area contributed by atoms with Crippen LogP contribution in [0.25, 0.3) is 6.08 Å². The largest absolute Gasteiger partial charge is 0.508 e. The molecule has 0 unspecified atom stereocenters. The topological polar surface area (TPSA) is 113 Å². The molecule has 158 valence electrons. The summed E-state index contributed by atoms with van der Waals surface area (Å²) < 4.78 is 27.1. The second-order valence-corrected chi connectivity index (χ2v) is 8.48. The molecule has 3 rings (SSSR count). The molecule has 3 aromatic rings. The number of benzene rings is 3. The quantitative estimate of drug-likeness (QED) is 0.492. The van der Waals surface area contributed by atoms with E-state index in [1.54, 1.807) is 30.3 Å². The van der Waals surface area contributed by atoms with Gasteiger partial charge in [0.1, 0.15) is 11.4 Å². The van der Waals surface area contributed by atoms with E-state index >= 15 is 0 Å². The van der Waals surface area contributed by atoms with Crippen molar-refractivity contribution in [3.63, 3.8) is 0 Å². The summed E-state index contributed by atoms with van der Waals surface area (Å²) in [5.41, 5.74) is 0.449. The van der Waals surface area contributed by atoms with Crippen LogP contribution in [0.4, 0.5) is 0 Å². The van der Waals surface area contributed by atoms with E-state index in [4.69, 9.17) is 11.6 Å². The average molecular weight is 457 g/mol. The molecule has 0 fully saturated rings. The zero-order valence-electron chi connectivity index (χ0n) is 15.9. The Labute approximate surface area is 184 Å². The summed E-state index contributed by atoms with van der Waals surface area (Å²) in [6, 6.07) is 19.2. The highest BCUT2D eigenvalue weighted by Gasteiger charge is 2.22. The van der Waals surface area contributed by atoms with Crippen LogP contribution in [0.2, 0.25) is 5.02 Å². The van der Waals surface area contributed by atoms with E-state index in [1.807, 2.05) is 4.72 Å². The molecule has 0 radical (unpaired) electrons. The molecule has 0 saturated carbocycles. The predicted octanol–water partition coefficient (Wildman–Crippen LogP) is 3.32. The van der Waals surface area contributed by atoms with E-state index in [2.05, 4.69) is 5.32 Å². The number of phenolic OH excluding ortho intramolecular Hbond substituents is 1. The lowest BCUT2D eigenvalue weighted by Crippen LogP contribution is -2.38. The molecular weight excluding hydrogens is 440 g/mol. The van der Waals surface area contributed by atoms with Crippen molar-refractivity contribution in [1.29, 1.82) is 0 Å². The Morgan fingerprint density at radius 2 is 1.48 bits per heavy atom. The van der Waals surface area contributed by atoms with Crippen molar-refractivity contribution in [2.45, 2.75) is 4.90 Å². The van der Waals surface area contributed by atoms with Gasteiger partial charge in [-0.15, -0.1) is 0 Å². The van der Waals surface area contributed by atoms with Crippen molar-refractivity contribution in [3.05, 3.63) is 101 Å². The first-order valence-electron chi connectivity index (χ1n) is 8.94. The zero-order chi connectivity index (χ0) is 22.4. The maximum absolute atomic E-state index is 12.8. The fraction of sp³-hybridized carbons (Fsp3) is 0. The van der Waals surface area contributed by atoms with Gasteiger partial charge in [-0.2, -0.15) is 0 Å². The van der Waals surface area contributed by atoms with Crippen molar-refractivity contribution in [2.75, 3.05) is 0 Å². The number of sulfonamides is 1. The van der Waals surface area contributed by atoms with Gasteiger partial charge < -0.3 is 10.4 Å². The summed E-state index contributed by atoms with van der Waals surface area (Å²) in [6.07, 6.45) is 1.30. The van der Waals surface area contributed by atoms with E-state index in [0.29, 0.717) is 10.6 Å². The Kier molecular flexibility index (Phi) is 6.74.